The van der Waals surface area contributed by atoms with Gasteiger partial charge in [-0.2, -0.15) is 5.10 Å². The summed E-state index contributed by atoms with van der Waals surface area (Å²) < 4.78 is 1.97. The quantitative estimate of drug-likeness (QED) is 0.923. The molecule has 2 fully saturated rings. The second-order valence-electron chi connectivity index (χ2n) is 7.13. The van der Waals surface area contributed by atoms with E-state index in [1.165, 1.54) is 12.8 Å². The van der Waals surface area contributed by atoms with E-state index < -0.39 is 11.9 Å². The molecule has 0 unspecified atom stereocenters. The van der Waals surface area contributed by atoms with Gasteiger partial charge in [0.25, 0.3) is 5.91 Å². The summed E-state index contributed by atoms with van der Waals surface area (Å²) in [6.07, 6.45) is 7.79. The number of aromatic nitrogens is 3. The molecule has 7 nitrogen and oxygen atoms in total. The first-order valence-electron chi connectivity index (χ1n) is 9.01. The van der Waals surface area contributed by atoms with Gasteiger partial charge in [0, 0.05) is 12.2 Å². The van der Waals surface area contributed by atoms with Crippen LogP contribution in [0.15, 0.2) is 12.3 Å². The van der Waals surface area contributed by atoms with Gasteiger partial charge >= 0.3 is 0 Å². The molecule has 7 heteroatoms. The van der Waals surface area contributed by atoms with Gasteiger partial charge in [-0.05, 0) is 38.7 Å². The van der Waals surface area contributed by atoms with E-state index >= 15 is 0 Å². The molecule has 3 heterocycles. The molecule has 1 aliphatic carbocycles. The summed E-state index contributed by atoms with van der Waals surface area (Å²) in [6, 6.07) is 1.64. The lowest BCUT2D eigenvalue weighted by Gasteiger charge is -2.22. The molecule has 0 aromatic carbocycles. The number of rotatable bonds is 3. The van der Waals surface area contributed by atoms with Gasteiger partial charge in [-0.1, -0.05) is 12.8 Å². The third-order valence-electron chi connectivity index (χ3n) is 5.44. The standard InChI is InChI=1S/C18H23N5O2/c1-11-9-13(18(25)22-8-4-7-15(22)16(19)24)14-10-20-23(17(14)21-11)12-5-2-3-6-12/h9-10,12,15H,2-8H2,1H3,(H2,19,24)/t15-/m1/s1. The van der Waals surface area contributed by atoms with Crippen LogP contribution in [0.2, 0.25) is 0 Å². The number of aryl methyl sites for hydroxylation is 1. The van der Waals surface area contributed by atoms with Gasteiger partial charge in [0.15, 0.2) is 5.65 Å². The van der Waals surface area contributed by atoms with Crippen molar-refractivity contribution in [1.82, 2.24) is 19.7 Å². The molecule has 0 bridgehead atoms. The smallest absolute Gasteiger partial charge is 0.255 e. The number of primary amides is 1. The number of hydrogen-bond donors (Lipinski definition) is 1. The molecule has 4 rings (SSSR count). The molecule has 2 N–H and O–H groups in total. The zero-order chi connectivity index (χ0) is 17.6. The van der Waals surface area contributed by atoms with E-state index in [-0.39, 0.29) is 5.91 Å². The highest BCUT2D eigenvalue weighted by atomic mass is 16.2. The lowest BCUT2D eigenvalue weighted by atomic mass is 10.1. The third-order valence-corrected chi connectivity index (χ3v) is 5.44. The minimum atomic E-state index is -0.513. The monoisotopic (exact) mass is 341 g/mol. The van der Waals surface area contributed by atoms with Gasteiger partial charge in [0.2, 0.25) is 5.91 Å². The van der Waals surface area contributed by atoms with Crippen molar-refractivity contribution in [3.63, 3.8) is 0 Å². The molecule has 1 aliphatic heterocycles. The van der Waals surface area contributed by atoms with Gasteiger partial charge in [0.1, 0.15) is 6.04 Å². The summed E-state index contributed by atoms with van der Waals surface area (Å²) in [5.74, 6) is -0.586. The average molecular weight is 341 g/mol. The van der Waals surface area contributed by atoms with Crippen molar-refractivity contribution in [1.29, 1.82) is 0 Å². The molecular weight excluding hydrogens is 318 g/mol. The van der Waals surface area contributed by atoms with Crippen LogP contribution in [0.1, 0.15) is 60.6 Å². The number of likely N-dealkylation sites (tertiary alicyclic amines) is 1. The van der Waals surface area contributed by atoms with Gasteiger partial charge < -0.3 is 10.6 Å². The summed E-state index contributed by atoms with van der Waals surface area (Å²) in [4.78, 5) is 31.0. The molecule has 25 heavy (non-hydrogen) atoms. The predicted octanol–water partition coefficient (Wildman–Crippen LogP) is 1.94. The topological polar surface area (TPSA) is 94.1 Å². The molecule has 132 valence electrons. The van der Waals surface area contributed by atoms with Crippen molar-refractivity contribution >= 4 is 22.8 Å². The number of amides is 2. The molecule has 2 aliphatic rings. The van der Waals surface area contributed by atoms with Crippen LogP contribution in [0, 0.1) is 6.92 Å². The van der Waals surface area contributed by atoms with E-state index in [0.717, 1.165) is 36.0 Å². The van der Waals surface area contributed by atoms with E-state index in [0.29, 0.717) is 24.6 Å². The second kappa shape index (κ2) is 6.13. The summed E-state index contributed by atoms with van der Waals surface area (Å²) in [6.45, 7) is 2.45. The van der Waals surface area contributed by atoms with Gasteiger partial charge in [-0.3, -0.25) is 9.59 Å². The maximum atomic E-state index is 13.1. The molecule has 2 amide bonds. The molecule has 0 spiro atoms. The SMILES string of the molecule is Cc1cc(C(=O)N2CCC[C@@H]2C(N)=O)c2cnn(C3CCCC3)c2n1. The molecular formula is C18H23N5O2. The van der Waals surface area contributed by atoms with Crippen molar-refractivity contribution in [3.8, 4) is 0 Å². The largest absolute Gasteiger partial charge is 0.368 e. The minimum absolute atomic E-state index is 0.150. The predicted molar refractivity (Wildman–Crippen MR) is 93.0 cm³/mol. The Bertz CT molecular complexity index is 837. The van der Waals surface area contributed by atoms with Gasteiger partial charge in [0.05, 0.1) is 23.2 Å². The Hall–Kier alpha value is -2.44. The lowest BCUT2D eigenvalue weighted by molar-refractivity contribution is -0.121. The number of fused-ring (bicyclic) bond motifs is 1. The van der Waals surface area contributed by atoms with Crippen LogP contribution in [0.25, 0.3) is 11.0 Å². The highest BCUT2D eigenvalue weighted by molar-refractivity contribution is 6.07. The van der Waals surface area contributed by atoms with Crippen LogP contribution in [-0.2, 0) is 4.79 Å². The van der Waals surface area contributed by atoms with Crippen LogP contribution >= 0.6 is 0 Å². The first kappa shape index (κ1) is 16.1. The van der Waals surface area contributed by atoms with E-state index in [4.69, 9.17) is 5.73 Å². The Morgan fingerprint density at radius 1 is 1.20 bits per heavy atom. The highest BCUT2D eigenvalue weighted by Crippen LogP contribution is 2.32. The number of nitrogens with two attached hydrogens (primary N) is 1. The average Bonchev–Trinajstić information content (AvgIpc) is 3.31. The molecule has 0 radical (unpaired) electrons. The third kappa shape index (κ3) is 2.67. The number of carbonyl (C=O) groups excluding carboxylic acids is 2. The Morgan fingerprint density at radius 3 is 2.68 bits per heavy atom. The van der Waals surface area contributed by atoms with Crippen molar-refractivity contribution in [3.05, 3.63) is 23.5 Å². The summed E-state index contributed by atoms with van der Waals surface area (Å²) in [7, 11) is 0. The van der Waals surface area contributed by atoms with E-state index in [1.807, 2.05) is 11.6 Å². The van der Waals surface area contributed by atoms with Crippen molar-refractivity contribution < 1.29 is 9.59 Å². The highest BCUT2D eigenvalue weighted by Gasteiger charge is 2.34. The molecule has 1 atom stereocenters. The van der Waals surface area contributed by atoms with Crippen molar-refractivity contribution in [2.75, 3.05) is 6.54 Å². The molecule has 2 aromatic rings. The maximum Gasteiger partial charge on any atom is 0.255 e. The summed E-state index contributed by atoms with van der Waals surface area (Å²) in [5.41, 5.74) is 7.59. The normalized spacial score (nSPS) is 21.3. The zero-order valence-electron chi connectivity index (χ0n) is 14.4. The first-order valence-corrected chi connectivity index (χ1v) is 9.01. The van der Waals surface area contributed by atoms with Crippen molar-refractivity contribution in [2.45, 2.75) is 57.5 Å². The number of pyridine rings is 1. The molecule has 1 saturated carbocycles. The minimum Gasteiger partial charge on any atom is -0.368 e. The fourth-order valence-corrected chi connectivity index (χ4v) is 4.20. The number of hydrogen-bond acceptors (Lipinski definition) is 4. The van der Waals surface area contributed by atoms with Crippen LogP contribution in [0.3, 0.4) is 0 Å². The molecule has 2 aromatic heterocycles. The number of carbonyl (C=O) groups is 2. The second-order valence-corrected chi connectivity index (χ2v) is 7.13. The van der Waals surface area contributed by atoms with E-state index in [9.17, 15) is 9.59 Å². The van der Waals surface area contributed by atoms with Crippen molar-refractivity contribution in [2.24, 2.45) is 5.73 Å². The zero-order valence-corrected chi connectivity index (χ0v) is 14.4. The fraction of sp³-hybridized carbons (Fsp3) is 0.556. The lowest BCUT2D eigenvalue weighted by Crippen LogP contribution is -2.43. The van der Waals surface area contributed by atoms with E-state index in [1.54, 1.807) is 17.2 Å². The Kier molecular flexibility index (Phi) is 3.94. The Morgan fingerprint density at radius 2 is 1.96 bits per heavy atom. The van der Waals surface area contributed by atoms with Crippen LogP contribution in [0.4, 0.5) is 0 Å². The fourth-order valence-electron chi connectivity index (χ4n) is 4.20. The Balaban J connectivity index is 1.76. The summed E-state index contributed by atoms with van der Waals surface area (Å²) in [5, 5.41) is 5.30. The van der Waals surface area contributed by atoms with Crippen LogP contribution < -0.4 is 5.73 Å². The van der Waals surface area contributed by atoms with E-state index in [2.05, 4.69) is 10.1 Å². The number of nitrogens with zero attached hydrogens (tertiary/aromatic N) is 4. The molecule has 1 saturated heterocycles. The maximum absolute atomic E-state index is 13.1. The summed E-state index contributed by atoms with van der Waals surface area (Å²) >= 11 is 0. The Labute approximate surface area is 146 Å². The first-order chi connectivity index (χ1) is 12.1. The van der Waals surface area contributed by atoms with Gasteiger partial charge in [-0.25, -0.2) is 9.67 Å². The van der Waals surface area contributed by atoms with Crippen LogP contribution in [0.5, 0.6) is 0 Å². The van der Waals surface area contributed by atoms with Crippen LogP contribution in [-0.4, -0.2) is 44.1 Å². The van der Waals surface area contributed by atoms with Gasteiger partial charge in [-0.15, -0.1) is 0 Å².